The summed E-state index contributed by atoms with van der Waals surface area (Å²) in [4.78, 5) is 0. The van der Waals surface area contributed by atoms with E-state index in [1.165, 1.54) is 15.9 Å². The van der Waals surface area contributed by atoms with Crippen LogP contribution in [0, 0.1) is 0 Å². The van der Waals surface area contributed by atoms with Gasteiger partial charge in [0.05, 0.1) is 0 Å². The Hall–Kier alpha value is -0.950. The summed E-state index contributed by atoms with van der Waals surface area (Å²) < 4.78 is 0.208. The molecule has 3 aromatic carbocycles. The Labute approximate surface area is 149 Å². The van der Waals surface area contributed by atoms with Crippen LogP contribution in [-0.4, -0.2) is 3.48 Å². The molecule has 0 aliphatic carbocycles. The Morgan fingerprint density at radius 2 is 0.773 bits per heavy atom. The van der Waals surface area contributed by atoms with Crippen LogP contribution in [0.4, 0.5) is 0 Å². The number of halogens is 2. The van der Waals surface area contributed by atoms with Crippen molar-refractivity contribution >= 4 is 55.0 Å². The molecule has 0 spiro atoms. The van der Waals surface area contributed by atoms with Gasteiger partial charge in [-0.1, -0.05) is 0 Å². The van der Waals surface area contributed by atoms with Gasteiger partial charge in [-0.05, 0) is 0 Å². The zero-order chi connectivity index (χ0) is 15.4. The normalized spacial score (nSPS) is 12.3. The van der Waals surface area contributed by atoms with Gasteiger partial charge in [-0.25, -0.2) is 0 Å². The fourth-order valence-corrected chi connectivity index (χ4v) is 11.6. The quantitative estimate of drug-likeness (QED) is 0.408. The Morgan fingerprint density at radius 3 is 1.00 bits per heavy atom. The van der Waals surface area contributed by atoms with E-state index in [0.29, 0.717) is 0 Å². The van der Waals surface area contributed by atoms with Crippen LogP contribution in [0.15, 0.2) is 91.0 Å². The van der Waals surface area contributed by atoms with E-state index in [1.807, 2.05) is 0 Å². The summed E-state index contributed by atoms with van der Waals surface area (Å²) in [6.07, 6.45) is 0. The molecule has 0 saturated carbocycles. The first-order chi connectivity index (χ1) is 10.8. The molecule has 3 rings (SSSR count). The molecule has 0 aliphatic heterocycles. The summed E-state index contributed by atoms with van der Waals surface area (Å²) in [5, 5.41) is 4.18. The molecule has 3 aromatic rings. The second-order valence-electron chi connectivity index (χ2n) is 5.21. The van der Waals surface area contributed by atoms with Crippen LogP contribution < -0.4 is 15.9 Å². The minimum atomic E-state index is -2.17. The number of alkyl halides is 2. The average Bonchev–Trinajstić information content (AvgIpc) is 2.58. The summed E-state index contributed by atoms with van der Waals surface area (Å²) in [5.74, 6) is 0. The first-order valence-corrected chi connectivity index (χ1v) is 11.1. The third kappa shape index (κ3) is 2.80. The SMILES string of the molecule is BrC(Br)[PH](c1ccccc1)(c1ccccc1)c1ccccc1. The molecule has 22 heavy (non-hydrogen) atoms. The summed E-state index contributed by atoms with van der Waals surface area (Å²) in [7, 11) is -2.17. The van der Waals surface area contributed by atoms with Crippen molar-refractivity contribution in [2.75, 3.05) is 0 Å². The molecule has 3 heteroatoms. The van der Waals surface area contributed by atoms with Gasteiger partial charge >= 0.3 is 150 Å². The van der Waals surface area contributed by atoms with Crippen molar-refractivity contribution in [3.63, 3.8) is 0 Å². The van der Waals surface area contributed by atoms with Crippen molar-refractivity contribution in [1.29, 1.82) is 0 Å². The Balaban J connectivity index is 2.34. The Kier molecular flexibility index (Phi) is 5.13. The number of rotatable bonds is 4. The zero-order valence-corrected chi connectivity index (χ0v) is 16.2. The maximum atomic E-state index is 3.89. The van der Waals surface area contributed by atoms with Gasteiger partial charge in [0.2, 0.25) is 0 Å². The molecule has 0 nitrogen and oxygen atoms in total. The van der Waals surface area contributed by atoms with E-state index in [4.69, 9.17) is 0 Å². The molecule has 0 fully saturated rings. The molecule has 0 aliphatic rings. The topological polar surface area (TPSA) is 0 Å². The summed E-state index contributed by atoms with van der Waals surface area (Å²) in [5.41, 5.74) is 0. The van der Waals surface area contributed by atoms with E-state index in [-0.39, 0.29) is 3.48 Å². The first kappa shape index (κ1) is 15.9. The van der Waals surface area contributed by atoms with Gasteiger partial charge in [-0.15, -0.1) is 0 Å². The third-order valence-electron chi connectivity index (χ3n) is 4.01. The molecule has 0 bridgehead atoms. The van der Waals surface area contributed by atoms with E-state index in [1.54, 1.807) is 0 Å². The van der Waals surface area contributed by atoms with Crippen LogP contribution >= 0.6 is 39.1 Å². The van der Waals surface area contributed by atoms with Gasteiger partial charge in [0.25, 0.3) is 0 Å². The predicted molar refractivity (Wildman–Crippen MR) is 108 cm³/mol. The second kappa shape index (κ2) is 7.08. The number of benzene rings is 3. The van der Waals surface area contributed by atoms with Crippen molar-refractivity contribution < 1.29 is 0 Å². The summed E-state index contributed by atoms with van der Waals surface area (Å²) in [6.45, 7) is 0. The maximum absolute atomic E-state index is 3.89. The predicted octanol–water partition coefficient (Wildman–Crippen LogP) is 4.79. The molecule has 112 valence electrons. The van der Waals surface area contributed by atoms with Crippen LogP contribution in [0.3, 0.4) is 0 Å². The minimum absolute atomic E-state index is 0.208. The molecule has 0 aromatic heterocycles. The molecule has 0 unspecified atom stereocenters. The van der Waals surface area contributed by atoms with E-state index >= 15 is 0 Å². The van der Waals surface area contributed by atoms with Crippen LogP contribution in [-0.2, 0) is 0 Å². The Morgan fingerprint density at radius 1 is 0.500 bits per heavy atom. The van der Waals surface area contributed by atoms with Gasteiger partial charge in [-0.2, -0.15) is 0 Å². The number of hydrogen-bond acceptors (Lipinski definition) is 0. The van der Waals surface area contributed by atoms with E-state index < -0.39 is 7.26 Å². The molecular weight excluding hydrogens is 419 g/mol. The van der Waals surface area contributed by atoms with Crippen molar-refractivity contribution in [2.24, 2.45) is 0 Å². The van der Waals surface area contributed by atoms with Crippen LogP contribution in [0.1, 0.15) is 0 Å². The van der Waals surface area contributed by atoms with Crippen molar-refractivity contribution in [3.05, 3.63) is 91.0 Å². The van der Waals surface area contributed by atoms with Gasteiger partial charge in [0.1, 0.15) is 0 Å². The van der Waals surface area contributed by atoms with E-state index in [0.717, 1.165) is 0 Å². The number of hydrogen-bond donors (Lipinski definition) is 0. The molecule has 0 N–H and O–H groups in total. The Bertz CT molecular complexity index is 616. The zero-order valence-electron chi connectivity index (χ0n) is 12.0. The van der Waals surface area contributed by atoms with Crippen molar-refractivity contribution in [2.45, 2.75) is 3.48 Å². The molecule has 0 atom stereocenters. The van der Waals surface area contributed by atoms with Crippen LogP contribution in [0.2, 0.25) is 0 Å². The van der Waals surface area contributed by atoms with Gasteiger partial charge in [0.15, 0.2) is 0 Å². The summed E-state index contributed by atoms with van der Waals surface area (Å²) in [6, 6.07) is 32.5. The van der Waals surface area contributed by atoms with Crippen LogP contribution in [0.5, 0.6) is 0 Å². The van der Waals surface area contributed by atoms with E-state index in [2.05, 4.69) is 123 Å². The van der Waals surface area contributed by atoms with Crippen molar-refractivity contribution in [1.82, 2.24) is 0 Å². The molecule has 0 radical (unpaired) electrons. The molecular formula is C19H17Br2P. The fraction of sp³-hybridized carbons (Fsp3) is 0.0526. The molecule has 0 saturated heterocycles. The van der Waals surface area contributed by atoms with Crippen LogP contribution in [0.25, 0.3) is 0 Å². The monoisotopic (exact) mass is 434 g/mol. The molecule has 0 heterocycles. The van der Waals surface area contributed by atoms with Gasteiger partial charge < -0.3 is 0 Å². The standard InChI is InChI=1S/C19H17Br2P/c20-19(21)22(16-10-4-1-5-11-16,17-12-6-2-7-13-17)18-14-8-3-9-15-18/h1-15,19,22H. The fourth-order valence-electron chi connectivity index (χ4n) is 2.98. The third-order valence-corrected chi connectivity index (χ3v) is 12.5. The second-order valence-corrected chi connectivity index (χ2v) is 13.9. The average molecular weight is 436 g/mol. The molecule has 0 amide bonds. The summed E-state index contributed by atoms with van der Waals surface area (Å²) >= 11 is 7.77. The van der Waals surface area contributed by atoms with Gasteiger partial charge in [-0.3, -0.25) is 0 Å². The first-order valence-electron chi connectivity index (χ1n) is 7.21. The van der Waals surface area contributed by atoms with Crippen molar-refractivity contribution in [3.8, 4) is 0 Å². The van der Waals surface area contributed by atoms with Gasteiger partial charge in [0, 0.05) is 0 Å². The van der Waals surface area contributed by atoms with E-state index in [9.17, 15) is 0 Å².